The van der Waals surface area contributed by atoms with E-state index in [1.54, 1.807) is 7.11 Å². The summed E-state index contributed by atoms with van der Waals surface area (Å²) in [6.45, 7) is 7.58. The lowest BCUT2D eigenvalue weighted by Gasteiger charge is -2.24. The van der Waals surface area contributed by atoms with E-state index in [-0.39, 0.29) is 6.10 Å². The van der Waals surface area contributed by atoms with Crippen LogP contribution in [0, 0.1) is 13.8 Å². The van der Waals surface area contributed by atoms with Gasteiger partial charge in [0.05, 0.1) is 12.2 Å². The molecule has 1 N–H and O–H groups in total. The molecule has 1 aromatic rings. The summed E-state index contributed by atoms with van der Waals surface area (Å²) in [6, 6.07) is 6.17. The fraction of sp³-hybridized carbons (Fsp3) is 0.600. The molecule has 0 saturated heterocycles. The van der Waals surface area contributed by atoms with E-state index in [0.29, 0.717) is 6.54 Å². The molecule has 0 aliphatic carbocycles. The number of aryl methyl sites for hydroxylation is 2. The van der Waals surface area contributed by atoms with Gasteiger partial charge in [0, 0.05) is 20.2 Å². The van der Waals surface area contributed by atoms with E-state index in [0.717, 1.165) is 17.7 Å². The summed E-state index contributed by atoms with van der Waals surface area (Å²) in [6.07, 6.45) is -0.263. The van der Waals surface area contributed by atoms with Gasteiger partial charge in [0.2, 0.25) is 0 Å². The quantitative estimate of drug-likeness (QED) is 0.842. The minimum atomic E-state index is -0.445. The number of methoxy groups -OCH3 is 1. The van der Waals surface area contributed by atoms with Gasteiger partial charge in [-0.2, -0.15) is 0 Å². The van der Waals surface area contributed by atoms with Crippen molar-refractivity contribution in [2.24, 2.45) is 0 Å². The molecule has 0 spiro atoms. The van der Waals surface area contributed by atoms with Crippen LogP contribution in [-0.4, -0.2) is 43.4 Å². The zero-order chi connectivity index (χ0) is 13.7. The molecule has 0 amide bonds. The Hall–Kier alpha value is -0.900. The Kier molecular flexibility index (Phi) is 5.79. The Morgan fingerprint density at radius 1 is 1.28 bits per heavy atom. The molecule has 3 heteroatoms. The molecule has 3 nitrogen and oxygen atoms in total. The SMILES string of the molecule is COC(C)CN(C)CC(O)c1ccc(C)cc1C. The molecule has 1 rings (SSSR count). The number of ether oxygens (including phenoxy) is 1. The fourth-order valence-corrected chi connectivity index (χ4v) is 2.18. The number of hydrogen-bond donors (Lipinski definition) is 1. The third-order valence-corrected chi connectivity index (χ3v) is 3.24. The van der Waals surface area contributed by atoms with E-state index >= 15 is 0 Å². The number of benzene rings is 1. The van der Waals surface area contributed by atoms with Crippen molar-refractivity contribution in [1.82, 2.24) is 4.90 Å². The molecule has 0 aromatic heterocycles. The van der Waals surface area contributed by atoms with Crippen LogP contribution in [0.5, 0.6) is 0 Å². The topological polar surface area (TPSA) is 32.7 Å². The Balaban J connectivity index is 2.61. The van der Waals surface area contributed by atoms with Crippen molar-refractivity contribution in [1.29, 1.82) is 0 Å². The van der Waals surface area contributed by atoms with Gasteiger partial charge in [-0.1, -0.05) is 23.8 Å². The van der Waals surface area contributed by atoms with E-state index in [1.807, 2.05) is 33.0 Å². The van der Waals surface area contributed by atoms with Crippen LogP contribution in [0.3, 0.4) is 0 Å². The lowest BCUT2D eigenvalue weighted by atomic mass is 10.0. The number of aliphatic hydroxyl groups excluding tert-OH is 1. The van der Waals surface area contributed by atoms with Gasteiger partial charge in [-0.15, -0.1) is 0 Å². The number of likely N-dealkylation sites (N-methyl/N-ethyl adjacent to an activating group) is 1. The third-order valence-electron chi connectivity index (χ3n) is 3.24. The molecule has 0 bridgehead atoms. The highest BCUT2D eigenvalue weighted by Gasteiger charge is 2.14. The second kappa shape index (κ2) is 6.88. The summed E-state index contributed by atoms with van der Waals surface area (Å²) in [5.41, 5.74) is 3.39. The maximum atomic E-state index is 10.3. The number of nitrogens with zero attached hydrogens (tertiary/aromatic N) is 1. The minimum Gasteiger partial charge on any atom is -0.387 e. The summed E-state index contributed by atoms with van der Waals surface area (Å²) >= 11 is 0. The Bertz CT molecular complexity index is 379. The molecular weight excluding hydrogens is 226 g/mol. The first kappa shape index (κ1) is 15.2. The van der Waals surface area contributed by atoms with Crippen molar-refractivity contribution >= 4 is 0 Å². The lowest BCUT2D eigenvalue weighted by molar-refractivity contribution is 0.0625. The Morgan fingerprint density at radius 3 is 2.50 bits per heavy atom. The first-order valence-electron chi connectivity index (χ1n) is 6.40. The van der Waals surface area contributed by atoms with Crippen LogP contribution in [0.4, 0.5) is 0 Å². The summed E-state index contributed by atoms with van der Waals surface area (Å²) in [5, 5.41) is 10.3. The summed E-state index contributed by atoms with van der Waals surface area (Å²) in [7, 11) is 3.71. The van der Waals surface area contributed by atoms with Crippen molar-refractivity contribution in [3.8, 4) is 0 Å². The Labute approximate surface area is 110 Å². The molecule has 1 aromatic carbocycles. The average Bonchev–Trinajstić information content (AvgIpc) is 2.28. The molecule has 18 heavy (non-hydrogen) atoms. The maximum absolute atomic E-state index is 10.3. The number of rotatable bonds is 6. The largest absolute Gasteiger partial charge is 0.387 e. The van der Waals surface area contributed by atoms with Crippen LogP contribution in [0.25, 0.3) is 0 Å². The molecule has 0 radical (unpaired) electrons. The van der Waals surface area contributed by atoms with E-state index in [1.165, 1.54) is 5.56 Å². The lowest BCUT2D eigenvalue weighted by Crippen LogP contribution is -2.32. The molecule has 102 valence electrons. The van der Waals surface area contributed by atoms with Crippen molar-refractivity contribution in [3.05, 3.63) is 34.9 Å². The summed E-state index contributed by atoms with van der Waals surface area (Å²) in [5.74, 6) is 0. The second-order valence-corrected chi connectivity index (χ2v) is 5.14. The molecular formula is C15H25NO2. The standard InChI is InChI=1S/C15H25NO2/c1-11-6-7-14(12(2)8-11)15(17)10-16(4)9-13(3)18-5/h6-8,13,15,17H,9-10H2,1-5H3. The van der Waals surface area contributed by atoms with Crippen LogP contribution < -0.4 is 0 Å². The molecule has 0 saturated carbocycles. The van der Waals surface area contributed by atoms with Gasteiger partial charge in [-0.05, 0) is 38.9 Å². The van der Waals surface area contributed by atoms with Crippen LogP contribution >= 0.6 is 0 Å². The van der Waals surface area contributed by atoms with Crippen molar-refractivity contribution in [3.63, 3.8) is 0 Å². The average molecular weight is 251 g/mol. The normalized spacial score (nSPS) is 14.8. The number of aliphatic hydroxyl groups is 1. The predicted octanol–water partition coefficient (Wildman–Crippen LogP) is 2.30. The van der Waals surface area contributed by atoms with Gasteiger partial charge in [-0.3, -0.25) is 0 Å². The second-order valence-electron chi connectivity index (χ2n) is 5.14. The van der Waals surface area contributed by atoms with Crippen molar-refractivity contribution in [2.45, 2.75) is 33.0 Å². The first-order valence-corrected chi connectivity index (χ1v) is 6.40. The van der Waals surface area contributed by atoms with Gasteiger partial charge < -0.3 is 14.7 Å². The number of hydrogen-bond acceptors (Lipinski definition) is 3. The summed E-state index contributed by atoms with van der Waals surface area (Å²) < 4.78 is 5.22. The van der Waals surface area contributed by atoms with Gasteiger partial charge in [0.25, 0.3) is 0 Å². The first-order chi connectivity index (χ1) is 8.43. The van der Waals surface area contributed by atoms with Crippen molar-refractivity contribution in [2.75, 3.05) is 27.2 Å². The van der Waals surface area contributed by atoms with E-state index < -0.39 is 6.10 Å². The van der Waals surface area contributed by atoms with Crippen LogP contribution in [0.1, 0.15) is 29.7 Å². The zero-order valence-corrected chi connectivity index (χ0v) is 12.1. The fourth-order valence-electron chi connectivity index (χ4n) is 2.18. The van der Waals surface area contributed by atoms with Gasteiger partial charge >= 0.3 is 0 Å². The summed E-state index contributed by atoms with van der Waals surface area (Å²) in [4.78, 5) is 2.10. The molecule has 2 atom stereocenters. The van der Waals surface area contributed by atoms with Crippen LogP contribution in [-0.2, 0) is 4.74 Å². The molecule has 2 unspecified atom stereocenters. The minimum absolute atomic E-state index is 0.182. The van der Waals surface area contributed by atoms with Crippen LogP contribution in [0.15, 0.2) is 18.2 Å². The maximum Gasteiger partial charge on any atom is 0.0919 e. The van der Waals surface area contributed by atoms with Crippen molar-refractivity contribution < 1.29 is 9.84 Å². The Morgan fingerprint density at radius 2 is 1.94 bits per heavy atom. The molecule has 0 aliphatic heterocycles. The highest BCUT2D eigenvalue weighted by atomic mass is 16.5. The van der Waals surface area contributed by atoms with Gasteiger partial charge in [0.1, 0.15) is 0 Å². The monoisotopic (exact) mass is 251 g/mol. The smallest absolute Gasteiger partial charge is 0.0919 e. The van der Waals surface area contributed by atoms with Crippen LogP contribution in [0.2, 0.25) is 0 Å². The highest BCUT2D eigenvalue weighted by Crippen LogP contribution is 2.19. The predicted molar refractivity (Wildman–Crippen MR) is 74.8 cm³/mol. The highest BCUT2D eigenvalue weighted by molar-refractivity contribution is 5.32. The van der Waals surface area contributed by atoms with E-state index in [2.05, 4.69) is 17.9 Å². The molecule has 0 heterocycles. The van der Waals surface area contributed by atoms with Gasteiger partial charge in [0.15, 0.2) is 0 Å². The van der Waals surface area contributed by atoms with Gasteiger partial charge in [-0.25, -0.2) is 0 Å². The molecule has 0 aliphatic rings. The van der Waals surface area contributed by atoms with E-state index in [4.69, 9.17) is 4.74 Å². The zero-order valence-electron chi connectivity index (χ0n) is 12.1. The third kappa shape index (κ3) is 4.41. The van der Waals surface area contributed by atoms with E-state index in [9.17, 15) is 5.11 Å². The molecule has 0 fully saturated rings.